The molecule has 2 nitrogen and oxygen atoms in total. The lowest BCUT2D eigenvalue weighted by Gasteiger charge is -2.50. The highest BCUT2D eigenvalue weighted by Crippen LogP contribution is 2.51. The normalized spacial score (nSPS) is 16.0. The molecule has 0 N–H and O–H groups in total. The van der Waals surface area contributed by atoms with Crippen LogP contribution in [0.25, 0.3) is 0 Å². The molecule has 0 aromatic heterocycles. The van der Waals surface area contributed by atoms with E-state index >= 15 is 0 Å². The Labute approximate surface area is 159 Å². The van der Waals surface area contributed by atoms with Crippen molar-refractivity contribution in [3.63, 3.8) is 0 Å². The van der Waals surface area contributed by atoms with E-state index in [-0.39, 0.29) is 0 Å². The van der Waals surface area contributed by atoms with Crippen molar-refractivity contribution in [2.75, 3.05) is 13.2 Å². The van der Waals surface area contributed by atoms with Crippen molar-refractivity contribution in [2.45, 2.75) is 64.6 Å². The van der Waals surface area contributed by atoms with Gasteiger partial charge in [0.25, 0.3) is 0 Å². The number of benzene rings is 2. The highest BCUT2D eigenvalue weighted by molar-refractivity contribution is 5.35. The number of ether oxygens (including phenoxy) is 2. The van der Waals surface area contributed by atoms with Gasteiger partial charge in [-0.05, 0) is 36.8 Å². The molecule has 0 amide bonds. The summed E-state index contributed by atoms with van der Waals surface area (Å²) in [6.45, 7) is 10.2. The average Bonchev–Trinajstić information content (AvgIpc) is 2.72. The van der Waals surface area contributed by atoms with Gasteiger partial charge in [0.15, 0.2) is 0 Å². The summed E-state index contributed by atoms with van der Waals surface area (Å²) in [4.78, 5) is 0. The lowest BCUT2D eigenvalue weighted by molar-refractivity contribution is -0.228. The molecule has 2 aromatic rings. The maximum atomic E-state index is 6.70. The second-order valence-corrected chi connectivity index (χ2v) is 6.79. The minimum atomic E-state index is -0.518. The van der Waals surface area contributed by atoms with Crippen LogP contribution in [0, 0.1) is 0 Å². The van der Waals surface area contributed by atoms with Crippen molar-refractivity contribution >= 4 is 0 Å². The topological polar surface area (TPSA) is 18.5 Å². The molecule has 142 valence electrons. The fraction of sp³-hybridized carbons (Fsp3) is 0.500. The molecule has 2 unspecified atom stereocenters. The third kappa shape index (κ3) is 3.87. The first-order valence-electron chi connectivity index (χ1n) is 10.1. The van der Waals surface area contributed by atoms with E-state index < -0.39 is 11.2 Å². The average molecular weight is 355 g/mol. The molecule has 0 heterocycles. The molecular weight excluding hydrogens is 320 g/mol. The molecule has 2 heteroatoms. The fourth-order valence-corrected chi connectivity index (χ4v) is 4.02. The van der Waals surface area contributed by atoms with Gasteiger partial charge < -0.3 is 9.47 Å². The van der Waals surface area contributed by atoms with Crippen molar-refractivity contribution < 1.29 is 9.47 Å². The van der Waals surface area contributed by atoms with E-state index in [1.54, 1.807) is 0 Å². The summed E-state index contributed by atoms with van der Waals surface area (Å²) in [6, 6.07) is 21.2. The van der Waals surface area contributed by atoms with Crippen molar-refractivity contribution in [3.05, 3.63) is 71.8 Å². The van der Waals surface area contributed by atoms with E-state index in [0.29, 0.717) is 13.2 Å². The molecule has 26 heavy (non-hydrogen) atoms. The van der Waals surface area contributed by atoms with Gasteiger partial charge in [0.1, 0.15) is 11.2 Å². The summed E-state index contributed by atoms with van der Waals surface area (Å²) in [5.74, 6) is 0. The molecule has 0 aliphatic rings. The van der Waals surface area contributed by atoms with E-state index in [1.165, 1.54) is 11.1 Å². The molecule has 0 saturated carbocycles. The molecule has 0 bridgehead atoms. The zero-order chi connectivity index (χ0) is 18.9. The second-order valence-electron chi connectivity index (χ2n) is 6.79. The third-order valence-electron chi connectivity index (χ3n) is 5.23. The van der Waals surface area contributed by atoms with Gasteiger partial charge in [-0.2, -0.15) is 0 Å². The van der Waals surface area contributed by atoms with Crippen LogP contribution in [-0.2, 0) is 20.7 Å². The van der Waals surface area contributed by atoms with E-state index in [0.717, 1.165) is 25.7 Å². The smallest absolute Gasteiger partial charge is 0.126 e. The lowest BCUT2D eigenvalue weighted by Crippen LogP contribution is -2.52. The molecule has 0 radical (unpaired) electrons. The predicted molar refractivity (Wildman–Crippen MR) is 109 cm³/mol. The fourth-order valence-electron chi connectivity index (χ4n) is 4.02. The van der Waals surface area contributed by atoms with E-state index in [9.17, 15) is 0 Å². The molecule has 0 saturated heterocycles. The summed E-state index contributed by atoms with van der Waals surface area (Å²) in [7, 11) is 0. The van der Waals surface area contributed by atoms with Crippen LogP contribution in [0.3, 0.4) is 0 Å². The largest absolute Gasteiger partial charge is 0.367 e. The molecule has 0 aliphatic heterocycles. The first-order valence-corrected chi connectivity index (χ1v) is 10.1. The van der Waals surface area contributed by atoms with Crippen LogP contribution in [-0.4, -0.2) is 13.2 Å². The van der Waals surface area contributed by atoms with Gasteiger partial charge in [-0.25, -0.2) is 0 Å². The monoisotopic (exact) mass is 354 g/mol. The summed E-state index contributed by atoms with van der Waals surface area (Å²) in [6.07, 6.45) is 3.67. The lowest BCUT2D eigenvalue weighted by atomic mass is 9.69. The van der Waals surface area contributed by atoms with Gasteiger partial charge >= 0.3 is 0 Å². The zero-order valence-corrected chi connectivity index (χ0v) is 16.8. The zero-order valence-electron chi connectivity index (χ0n) is 16.8. The number of hydrogen-bond acceptors (Lipinski definition) is 2. The van der Waals surface area contributed by atoms with Gasteiger partial charge in [-0.1, -0.05) is 88.4 Å². The van der Waals surface area contributed by atoms with Crippen LogP contribution in [0.4, 0.5) is 0 Å². The van der Waals surface area contributed by atoms with Crippen molar-refractivity contribution in [2.24, 2.45) is 0 Å². The second kappa shape index (κ2) is 9.89. The first kappa shape index (κ1) is 20.7. The summed E-state index contributed by atoms with van der Waals surface area (Å²) in [5.41, 5.74) is 1.35. The molecule has 0 aliphatic carbocycles. The Balaban J connectivity index is 2.71. The van der Waals surface area contributed by atoms with Gasteiger partial charge in [0.05, 0.1) is 0 Å². The number of rotatable bonds is 11. The van der Waals surface area contributed by atoms with Crippen LogP contribution in [0.2, 0.25) is 0 Å². The van der Waals surface area contributed by atoms with Crippen molar-refractivity contribution in [1.29, 1.82) is 0 Å². The third-order valence-corrected chi connectivity index (χ3v) is 5.23. The maximum absolute atomic E-state index is 6.70. The minimum absolute atomic E-state index is 0.518. The van der Waals surface area contributed by atoms with Crippen LogP contribution >= 0.6 is 0 Å². The summed E-state index contributed by atoms with van der Waals surface area (Å²) < 4.78 is 13.4. The quantitative estimate of drug-likeness (QED) is 0.461. The number of hydrogen-bond donors (Lipinski definition) is 0. The van der Waals surface area contributed by atoms with Crippen LogP contribution < -0.4 is 0 Å². The van der Waals surface area contributed by atoms with Crippen LogP contribution in [0.15, 0.2) is 60.7 Å². The van der Waals surface area contributed by atoms with Crippen LogP contribution in [0.1, 0.15) is 64.5 Å². The van der Waals surface area contributed by atoms with E-state index in [2.05, 4.69) is 88.4 Å². The van der Waals surface area contributed by atoms with Crippen molar-refractivity contribution in [1.82, 2.24) is 0 Å². The van der Waals surface area contributed by atoms with Crippen molar-refractivity contribution in [3.8, 4) is 0 Å². The van der Waals surface area contributed by atoms with E-state index in [4.69, 9.17) is 9.47 Å². The highest BCUT2D eigenvalue weighted by atomic mass is 16.6. The maximum Gasteiger partial charge on any atom is 0.126 e. The molecule has 2 rings (SSSR count). The Hall–Kier alpha value is -1.64. The Morgan fingerprint density at radius 1 is 0.577 bits per heavy atom. The molecule has 2 aromatic carbocycles. The molecular formula is C24H34O2. The van der Waals surface area contributed by atoms with Crippen LogP contribution in [0.5, 0.6) is 0 Å². The molecule has 2 atom stereocenters. The highest BCUT2D eigenvalue weighted by Gasteiger charge is 2.53. The standard InChI is InChI=1S/C24H34O2/c1-5-19-25-23(7-3,21-15-11-9-12-16-21)24(8-4,26-20-6-2)22-17-13-10-14-18-22/h9-18H,5-8,19-20H2,1-4H3. The van der Waals surface area contributed by atoms with E-state index in [1.807, 2.05) is 0 Å². The van der Waals surface area contributed by atoms with Gasteiger partial charge in [-0.3, -0.25) is 0 Å². The van der Waals surface area contributed by atoms with Gasteiger partial charge in [-0.15, -0.1) is 0 Å². The minimum Gasteiger partial charge on any atom is -0.367 e. The predicted octanol–water partition coefficient (Wildman–Crippen LogP) is 6.45. The Kier molecular flexibility index (Phi) is 7.86. The summed E-state index contributed by atoms with van der Waals surface area (Å²) in [5, 5.41) is 0. The molecule has 0 spiro atoms. The Morgan fingerprint density at radius 2 is 0.923 bits per heavy atom. The molecule has 0 fully saturated rings. The first-order chi connectivity index (χ1) is 12.7. The van der Waals surface area contributed by atoms with Gasteiger partial charge in [0, 0.05) is 13.2 Å². The Morgan fingerprint density at radius 3 is 1.19 bits per heavy atom. The summed E-state index contributed by atoms with van der Waals surface area (Å²) >= 11 is 0. The SMILES string of the molecule is CCCOC(CC)(c1ccccc1)C(CC)(OCCC)c1ccccc1. The van der Waals surface area contributed by atoms with Gasteiger partial charge in [0.2, 0.25) is 0 Å². The Bertz CT molecular complexity index is 568.